The highest BCUT2D eigenvalue weighted by Gasteiger charge is 2.36. The fourth-order valence-corrected chi connectivity index (χ4v) is 4.84. The van der Waals surface area contributed by atoms with Gasteiger partial charge in [-0.2, -0.15) is 0 Å². The van der Waals surface area contributed by atoms with Crippen LogP contribution in [0.5, 0.6) is 0 Å². The monoisotopic (exact) mass is 347 g/mol. The van der Waals surface area contributed by atoms with Gasteiger partial charge in [0, 0.05) is 37.4 Å². The van der Waals surface area contributed by atoms with E-state index in [4.69, 9.17) is 4.98 Å². The molecule has 5 nitrogen and oxygen atoms in total. The Balaban J connectivity index is 1.23. The quantitative estimate of drug-likeness (QED) is 0.855. The Bertz CT molecular complexity index is 615. The first kappa shape index (κ1) is 16.1. The van der Waals surface area contributed by atoms with Crippen molar-refractivity contribution in [2.24, 2.45) is 11.8 Å². The lowest BCUT2D eigenvalue weighted by atomic mass is 10.0. The van der Waals surface area contributed by atoms with Crippen LogP contribution in [0.15, 0.2) is 0 Å². The second kappa shape index (κ2) is 6.82. The van der Waals surface area contributed by atoms with Gasteiger partial charge in [0.2, 0.25) is 11.8 Å². The molecule has 1 atom stereocenters. The van der Waals surface area contributed by atoms with E-state index in [0.717, 1.165) is 24.4 Å². The van der Waals surface area contributed by atoms with Crippen LogP contribution in [0.1, 0.15) is 47.7 Å². The maximum absolute atomic E-state index is 12.3. The minimum atomic E-state index is -0.166. The maximum Gasteiger partial charge on any atom is 0.225 e. The van der Waals surface area contributed by atoms with E-state index in [1.165, 1.54) is 42.7 Å². The second-order valence-electron chi connectivity index (χ2n) is 7.37. The largest absolute Gasteiger partial charge is 0.355 e. The van der Waals surface area contributed by atoms with E-state index in [1.807, 2.05) is 16.2 Å². The van der Waals surface area contributed by atoms with Gasteiger partial charge in [-0.15, -0.1) is 11.3 Å². The molecule has 1 aromatic rings. The minimum absolute atomic E-state index is 0.0305. The van der Waals surface area contributed by atoms with Crippen molar-refractivity contribution in [3.05, 3.63) is 15.6 Å². The van der Waals surface area contributed by atoms with E-state index in [0.29, 0.717) is 25.4 Å². The standard InChI is InChI=1S/C18H25N3O2S/c22-17-9-13(11-21(17)10-12-5-6-12)18(23)19-8-7-16-20-14-3-1-2-4-15(14)24-16/h12-13H,1-11H2,(H,19,23)/t13-/m0/s1. The highest BCUT2D eigenvalue weighted by Crippen LogP contribution is 2.32. The van der Waals surface area contributed by atoms with Crippen molar-refractivity contribution in [1.82, 2.24) is 15.2 Å². The minimum Gasteiger partial charge on any atom is -0.355 e. The van der Waals surface area contributed by atoms with Crippen molar-refractivity contribution in [3.63, 3.8) is 0 Å². The summed E-state index contributed by atoms with van der Waals surface area (Å²) in [5, 5.41) is 4.15. The lowest BCUT2D eigenvalue weighted by molar-refractivity contribution is -0.129. The van der Waals surface area contributed by atoms with Crippen LogP contribution in [-0.4, -0.2) is 41.3 Å². The van der Waals surface area contributed by atoms with Crippen molar-refractivity contribution in [1.29, 1.82) is 0 Å². The average Bonchev–Trinajstić information content (AvgIpc) is 3.17. The van der Waals surface area contributed by atoms with Gasteiger partial charge in [-0.25, -0.2) is 4.98 Å². The topological polar surface area (TPSA) is 62.3 Å². The van der Waals surface area contributed by atoms with Gasteiger partial charge in [0.25, 0.3) is 0 Å². The van der Waals surface area contributed by atoms with Gasteiger partial charge in [0.15, 0.2) is 0 Å². The van der Waals surface area contributed by atoms with Crippen LogP contribution in [0.2, 0.25) is 0 Å². The average molecular weight is 347 g/mol. The summed E-state index contributed by atoms with van der Waals surface area (Å²) in [6, 6.07) is 0. The zero-order valence-corrected chi connectivity index (χ0v) is 14.9. The zero-order valence-electron chi connectivity index (χ0n) is 14.1. The highest BCUT2D eigenvalue weighted by atomic mass is 32.1. The van der Waals surface area contributed by atoms with Crippen molar-refractivity contribution in [2.75, 3.05) is 19.6 Å². The summed E-state index contributed by atoms with van der Waals surface area (Å²) < 4.78 is 0. The molecule has 0 spiro atoms. The lowest BCUT2D eigenvalue weighted by Crippen LogP contribution is -2.34. The molecule has 3 aliphatic rings. The fourth-order valence-electron chi connectivity index (χ4n) is 3.69. The molecule has 24 heavy (non-hydrogen) atoms. The number of likely N-dealkylation sites (tertiary alicyclic amines) is 1. The number of hydrogen-bond donors (Lipinski definition) is 1. The number of carbonyl (C=O) groups excluding carboxylic acids is 2. The predicted octanol–water partition coefficient (Wildman–Crippen LogP) is 1.94. The molecular formula is C18H25N3O2S. The molecule has 1 aliphatic heterocycles. The van der Waals surface area contributed by atoms with Gasteiger partial charge < -0.3 is 10.2 Å². The first-order chi connectivity index (χ1) is 11.7. The van der Waals surface area contributed by atoms with Crippen LogP contribution < -0.4 is 5.32 Å². The molecule has 0 bridgehead atoms. The number of carbonyl (C=O) groups is 2. The smallest absolute Gasteiger partial charge is 0.225 e. The van der Waals surface area contributed by atoms with Gasteiger partial charge >= 0.3 is 0 Å². The molecule has 1 saturated heterocycles. The molecule has 1 N–H and O–H groups in total. The molecule has 4 rings (SSSR count). The van der Waals surface area contributed by atoms with Gasteiger partial charge in [0.05, 0.1) is 16.6 Å². The number of thiazole rings is 1. The van der Waals surface area contributed by atoms with Crippen LogP contribution in [0, 0.1) is 11.8 Å². The number of aryl methyl sites for hydroxylation is 2. The van der Waals surface area contributed by atoms with Gasteiger partial charge in [-0.3, -0.25) is 9.59 Å². The third kappa shape index (κ3) is 3.63. The molecule has 6 heteroatoms. The Morgan fingerprint density at radius 2 is 2.12 bits per heavy atom. The van der Waals surface area contributed by atoms with Crippen molar-refractivity contribution in [3.8, 4) is 0 Å². The first-order valence-electron chi connectivity index (χ1n) is 9.22. The number of hydrogen-bond acceptors (Lipinski definition) is 4. The maximum atomic E-state index is 12.3. The molecule has 1 aromatic heterocycles. The number of fused-ring (bicyclic) bond motifs is 1. The predicted molar refractivity (Wildman–Crippen MR) is 92.9 cm³/mol. The first-order valence-corrected chi connectivity index (χ1v) is 10.0. The Morgan fingerprint density at radius 3 is 2.92 bits per heavy atom. The zero-order chi connectivity index (χ0) is 16.5. The van der Waals surface area contributed by atoms with E-state index < -0.39 is 0 Å². The Labute approximate surface area is 146 Å². The third-order valence-corrected chi connectivity index (χ3v) is 6.51. The van der Waals surface area contributed by atoms with Crippen LogP contribution in [-0.2, 0) is 28.9 Å². The molecule has 2 amide bonds. The summed E-state index contributed by atoms with van der Waals surface area (Å²) in [4.78, 5) is 32.4. The SMILES string of the molecule is O=C(NCCc1nc2c(s1)CCCC2)[C@H]1CC(=O)N(CC2CC2)C1. The van der Waals surface area contributed by atoms with Crippen LogP contribution in [0.3, 0.4) is 0 Å². The Kier molecular flexibility index (Phi) is 4.57. The molecule has 130 valence electrons. The lowest BCUT2D eigenvalue weighted by Gasteiger charge is -2.15. The molecule has 1 saturated carbocycles. The van der Waals surface area contributed by atoms with E-state index in [-0.39, 0.29) is 17.7 Å². The number of amides is 2. The van der Waals surface area contributed by atoms with E-state index in [2.05, 4.69) is 5.32 Å². The number of nitrogens with one attached hydrogen (secondary N) is 1. The molecule has 0 unspecified atom stereocenters. The summed E-state index contributed by atoms with van der Waals surface area (Å²) >= 11 is 1.81. The van der Waals surface area contributed by atoms with Gasteiger partial charge in [-0.05, 0) is 44.4 Å². The Hall–Kier alpha value is -1.43. The molecular weight excluding hydrogens is 322 g/mol. The van der Waals surface area contributed by atoms with Gasteiger partial charge in [0.1, 0.15) is 0 Å². The Morgan fingerprint density at radius 1 is 1.29 bits per heavy atom. The highest BCUT2D eigenvalue weighted by molar-refractivity contribution is 7.11. The van der Waals surface area contributed by atoms with E-state index >= 15 is 0 Å². The second-order valence-corrected chi connectivity index (χ2v) is 8.54. The fraction of sp³-hybridized carbons (Fsp3) is 0.722. The summed E-state index contributed by atoms with van der Waals surface area (Å²) in [6.07, 6.45) is 8.45. The van der Waals surface area contributed by atoms with Crippen molar-refractivity contribution in [2.45, 2.75) is 51.4 Å². The summed E-state index contributed by atoms with van der Waals surface area (Å²) in [5.74, 6) is 0.699. The van der Waals surface area contributed by atoms with Crippen molar-refractivity contribution < 1.29 is 9.59 Å². The van der Waals surface area contributed by atoms with E-state index in [1.54, 1.807) is 0 Å². The summed E-state index contributed by atoms with van der Waals surface area (Å²) in [5.41, 5.74) is 1.28. The molecule has 2 heterocycles. The van der Waals surface area contributed by atoms with Crippen LogP contribution >= 0.6 is 11.3 Å². The van der Waals surface area contributed by atoms with Crippen LogP contribution in [0.25, 0.3) is 0 Å². The van der Waals surface area contributed by atoms with Gasteiger partial charge in [-0.1, -0.05) is 0 Å². The molecule has 2 aliphatic carbocycles. The number of aromatic nitrogens is 1. The van der Waals surface area contributed by atoms with E-state index in [9.17, 15) is 9.59 Å². The molecule has 0 aromatic carbocycles. The number of rotatable bonds is 6. The third-order valence-electron chi connectivity index (χ3n) is 5.29. The summed E-state index contributed by atoms with van der Waals surface area (Å²) in [6.45, 7) is 2.08. The molecule has 2 fully saturated rings. The van der Waals surface area contributed by atoms with Crippen molar-refractivity contribution >= 4 is 23.2 Å². The molecule has 0 radical (unpaired) electrons. The summed E-state index contributed by atoms with van der Waals surface area (Å²) in [7, 11) is 0. The van der Waals surface area contributed by atoms with Crippen LogP contribution in [0.4, 0.5) is 0 Å². The number of nitrogens with zero attached hydrogens (tertiary/aromatic N) is 2. The normalized spacial score (nSPS) is 23.4.